The highest BCUT2D eigenvalue weighted by Crippen LogP contribution is 2.09. The molecule has 0 saturated heterocycles. The third-order valence-corrected chi connectivity index (χ3v) is 3.48. The van der Waals surface area contributed by atoms with Crippen LogP contribution in [0, 0.1) is 13.8 Å². The molecule has 0 aliphatic rings. The Morgan fingerprint density at radius 1 is 1.43 bits per heavy atom. The lowest BCUT2D eigenvalue weighted by atomic mass is 10.2. The molecule has 0 radical (unpaired) electrons. The molecule has 1 atom stereocenters. The lowest BCUT2D eigenvalue weighted by Gasteiger charge is -2.15. The molecule has 21 heavy (non-hydrogen) atoms. The van der Waals surface area contributed by atoms with E-state index in [0.717, 1.165) is 30.8 Å². The van der Waals surface area contributed by atoms with Crippen molar-refractivity contribution in [1.29, 1.82) is 0 Å². The van der Waals surface area contributed by atoms with Crippen molar-refractivity contribution in [1.82, 2.24) is 24.9 Å². The molecular formula is C15H23N5O. The fourth-order valence-electron chi connectivity index (χ4n) is 2.42. The minimum absolute atomic E-state index is 0.0227. The summed E-state index contributed by atoms with van der Waals surface area (Å²) in [5, 5.41) is 11.5. The van der Waals surface area contributed by atoms with Crippen LogP contribution in [0.4, 0.5) is 0 Å². The molecule has 0 aliphatic heterocycles. The zero-order valence-electron chi connectivity index (χ0n) is 12.9. The van der Waals surface area contributed by atoms with Gasteiger partial charge in [-0.3, -0.25) is 14.2 Å². The van der Waals surface area contributed by atoms with Gasteiger partial charge in [-0.1, -0.05) is 6.92 Å². The minimum Gasteiger partial charge on any atom is -0.354 e. The first kappa shape index (κ1) is 15.3. The van der Waals surface area contributed by atoms with E-state index in [9.17, 15) is 4.79 Å². The number of aromatic nitrogens is 4. The van der Waals surface area contributed by atoms with Crippen molar-refractivity contribution in [2.45, 2.75) is 46.2 Å². The topological polar surface area (TPSA) is 64.7 Å². The molecule has 0 aromatic carbocycles. The van der Waals surface area contributed by atoms with Crippen LogP contribution in [0.15, 0.2) is 24.5 Å². The quantitative estimate of drug-likeness (QED) is 0.791. The molecule has 0 saturated carbocycles. The maximum atomic E-state index is 12.2. The molecule has 6 nitrogen and oxygen atoms in total. The first-order valence-corrected chi connectivity index (χ1v) is 7.39. The van der Waals surface area contributed by atoms with Crippen LogP contribution in [0.3, 0.4) is 0 Å². The fraction of sp³-hybridized carbons (Fsp3) is 0.533. The lowest BCUT2D eigenvalue weighted by molar-refractivity contribution is -0.124. The molecule has 0 spiro atoms. The lowest BCUT2D eigenvalue weighted by Crippen LogP contribution is -2.33. The van der Waals surface area contributed by atoms with Gasteiger partial charge in [0, 0.05) is 31.2 Å². The zero-order chi connectivity index (χ0) is 15.2. The Balaban J connectivity index is 1.77. The number of nitrogens with one attached hydrogen (secondary N) is 1. The maximum Gasteiger partial charge on any atom is 0.244 e. The van der Waals surface area contributed by atoms with Gasteiger partial charge in [-0.05, 0) is 38.8 Å². The number of hydrogen-bond donors (Lipinski definition) is 1. The molecule has 0 unspecified atom stereocenters. The Morgan fingerprint density at radius 2 is 2.24 bits per heavy atom. The summed E-state index contributed by atoms with van der Waals surface area (Å²) in [7, 11) is 0. The summed E-state index contributed by atoms with van der Waals surface area (Å²) >= 11 is 0. The molecule has 1 amide bonds. The highest BCUT2D eigenvalue weighted by atomic mass is 16.2. The molecule has 6 heteroatoms. The largest absolute Gasteiger partial charge is 0.354 e. The van der Waals surface area contributed by atoms with E-state index in [4.69, 9.17) is 0 Å². The van der Waals surface area contributed by atoms with Gasteiger partial charge in [0.2, 0.25) is 5.91 Å². The number of carbonyl (C=O) groups excluding carboxylic acids is 1. The first-order chi connectivity index (χ1) is 10.1. The summed E-state index contributed by atoms with van der Waals surface area (Å²) in [6.45, 7) is 7.49. The van der Waals surface area contributed by atoms with Crippen LogP contribution in [-0.4, -0.2) is 32.0 Å². The molecule has 0 fully saturated rings. The van der Waals surface area contributed by atoms with Gasteiger partial charge in [-0.2, -0.15) is 10.2 Å². The number of rotatable bonds is 7. The van der Waals surface area contributed by atoms with E-state index in [2.05, 4.69) is 21.6 Å². The normalized spacial score (nSPS) is 12.3. The molecule has 1 N–H and O–H groups in total. The number of amides is 1. The van der Waals surface area contributed by atoms with Gasteiger partial charge >= 0.3 is 0 Å². The highest BCUT2D eigenvalue weighted by molar-refractivity contribution is 5.80. The van der Waals surface area contributed by atoms with Gasteiger partial charge in [-0.25, -0.2) is 0 Å². The summed E-state index contributed by atoms with van der Waals surface area (Å²) in [4.78, 5) is 12.2. The molecule has 2 rings (SSSR count). The summed E-state index contributed by atoms with van der Waals surface area (Å²) < 4.78 is 3.68. The van der Waals surface area contributed by atoms with Gasteiger partial charge in [-0.15, -0.1) is 0 Å². The van der Waals surface area contributed by atoms with Crippen molar-refractivity contribution in [3.63, 3.8) is 0 Å². The minimum atomic E-state index is -0.228. The van der Waals surface area contributed by atoms with Crippen LogP contribution in [0.25, 0.3) is 0 Å². The molecular weight excluding hydrogens is 266 g/mol. The smallest absolute Gasteiger partial charge is 0.244 e. The van der Waals surface area contributed by atoms with Crippen LogP contribution >= 0.6 is 0 Å². The van der Waals surface area contributed by atoms with Gasteiger partial charge in [0.1, 0.15) is 6.04 Å². The average molecular weight is 289 g/mol. The predicted molar refractivity (Wildman–Crippen MR) is 80.9 cm³/mol. The molecule has 0 aliphatic carbocycles. The van der Waals surface area contributed by atoms with E-state index < -0.39 is 0 Å². The maximum absolute atomic E-state index is 12.2. The van der Waals surface area contributed by atoms with Crippen molar-refractivity contribution in [3.05, 3.63) is 35.9 Å². The second-order valence-corrected chi connectivity index (χ2v) is 5.20. The molecule has 2 aromatic heterocycles. The van der Waals surface area contributed by atoms with Crippen molar-refractivity contribution >= 4 is 5.91 Å². The Hall–Kier alpha value is -2.11. The van der Waals surface area contributed by atoms with E-state index in [0.29, 0.717) is 6.54 Å². The van der Waals surface area contributed by atoms with Gasteiger partial charge in [0.25, 0.3) is 0 Å². The molecule has 114 valence electrons. The van der Waals surface area contributed by atoms with Crippen LogP contribution < -0.4 is 5.32 Å². The Bertz CT molecular complexity index is 573. The number of nitrogens with zero attached hydrogens (tertiary/aromatic N) is 4. The second kappa shape index (κ2) is 7.06. The first-order valence-electron chi connectivity index (χ1n) is 7.39. The molecule has 2 heterocycles. The summed E-state index contributed by atoms with van der Waals surface area (Å²) in [6, 6.07) is 3.66. The Kier molecular flexibility index (Phi) is 5.14. The van der Waals surface area contributed by atoms with Gasteiger partial charge in [0.15, 0.2) is 0 Å². The van der Waals surface area contributed by atoms with Gasteiger partial charge in [0.05, 0.1) is 5.69 Å². The summed E-state index contributed by atoms with van der Waals surface area (Å²) in [5.41, 5.74) is 2.18. The average Bonchev–Trinajstić information content (AvgIpc) is 3.06. The number of aryl methyl sites for hydroxylation is 3. The zero-order valence-corrected chi connectivity index (χ0v) is 12.9. The predicted octanol–water partition coefficient (Wildman–Crippen LogP) is 1.85. The van der Waals surface area contributed by atoms with Crippen LogP contribution in [0.2, 0.25) is 0 Å². The van der Waals surface area contributed by atoms with Gasteiger partial charge < -0.3 is 5.32 Å². The SMILES string of the molecule is CC[C@H](C(=O)NCCCn1nc(C)cc1C)n1cccn1. The third kappa shape index (κ3) is 3.93. The summed E-state index contributed by atoms with van der Waals surface area (Å²) in [6.07, 6.45) is 5.11. The standard InChI is InChI=1S/C15H23N5O/c1-4-14(20-10-6-8-17-20)15(21)16-7-5-9-19-13(3)11-12(2)18-19/h6,8,10-11,14H,4-5,7,9H2,1-3H3,(H,16,21)/t14-/m1/s1. The summed E-state index contributed by atoms with van der Waals surface area (Å²) in [5.74, 6) is 0.0227. The van der Waals surface area contributed by atoms with E-state index >= 15 is 0 Å². The van der Waals surface area contributed by atoms with Crippen LogP contribution in [0.5, 0.6) is 0 Å². The Labute approximate surface area is 125 Å². The highest BCUT2D eigenvalue weighted by Gasteiger charge is 2.17. The molecule has 2 aromatic rings. The van der Waals surface area contributed by atoms with Crippen LogP contribution in [-0.2, 0) is 11.3 Å². The monoisotopic (exact) mass is 289 g/mol. The second-order valence-electron chi connectivity index (χ2n) is 5.20. The van der Waals surface area contributed by atoms with Crippen molar-refractivity contribution < 1.29 is 4.79 Å². The molecule has 0 bridgehead atoms. The van der Waals surface area contributed by atoms with E-state index in [1.165, 1.54) is 0 Å². The van der Waals surface area contributed by atoms with E-state index in [-0.39, 0.29) is 11.9 Å². The van der Waals surface area contributed by atoms with Crippen LogP contribution in [0.1, 0.15) is 37.2 Å². The van der Waals surface area contributed by atoms with E-state index in [1.54, 1.807) is 10.9 Å². The Morgan fingerprint density at radius 3 is 2.81 bits per heavy atom. The fourth-order valence-corrected chi connectivity index (χ4v) is 2.42. The number of carbonyl (C=O) groups is 1. The van der Waals surface area contributed by atoms with E-state index in [1.807, 2.05) is 37.7 Å². The number of hydrogen-bond acceptors (Lipinski definition) is 3. The van der Waals surface area contributed by atoms with Crippen molar-refractivity contribution in [3.8, 4) is 0 Å². The van der Waals surface area contributed by atoms with Crippen molar-refractivity contribution in [2.75, 3.05) is 6.54 Å². The van der Waals surface area contributed by atoms with Crippen molar-refractivity contribution in [2.24, 2.45) is 0 Å². The third-order valence-electron chi connectivity index (χ3n) is 3.48.